The maximum Gasteiger partial charge on any atom is 0.338 e. The Hall–Kier alpha value is -3.18. The molecule has 11 heteroatoms. The number of halogens is 1. The highest BCUT2D eigenvalue weighted by Crippen LogP contribution is 2.33. The zero-order chi connectivity index (χ0) is 25.2. The number of benzene rings is 2. The SMILES string of the molecule is CCC1CCN(c2ccc(-c3nc(S(=O)(=O)Nc4cc(F)c(C(=O)O)cc4OC)cs3)cc2)CC1. The van der Waals surface area contributed by atoms with E-state index < -0.39 is 27.4 Å². The molecule has 0 bridgehead atoms. The summed E-state index contributed by atoms with van der Waals surface area (Å²) in [6.45, 7) is 4.29. The molecule has 0 amide bonds. The lowest BCUT2D eigenvalue weighted by atomic mass is 9.94. The first-order valence-electron chi connectivity index (χ1n) is 11.2. The molecule has 0 spiro atoms. The van der Waals surface area contributed by atoms with E-state index in [0.717, 1.165) is 42.4 Å². The molecule has 0 unspecified atom stereocenters. The predicted molar refractivity (Wildman–Crippen MR) is 133 cm³/mol. The molecular formula is C24H26FN3O5S2. The summed E-state index contributed by atoms with van der Waals surface area (Å²) in [5, 5.41) is 10.8. The number of carboxylic acids is 1. The first-order chi connectivity index (χ1) is 16.7. The normalized spacial score (nSPS) is 14.7. The third-order valence-corrected chi connectivity index (χ3v) is 8.48. The molecule has 1 aliphatic heterocycles. The molecule has 35 heavy (non-hydrogen) atoms. The van der Waals surface area contributed by atoms with Crippen molar-refractivity contribution in [1.82, 2.24) is 4.98 Å². The van der Waals surface area contributed by atoms with Crippen LogP contribution in [0.4, 0.5) is 15.8 Å². The summed E-state index contributed by atoms with van der Waals surface area (Å²) < 4.78 is 47.2. The van der Waals surface area contributed by atoms with E-state index in [1.54, 1.807) is 0 Å². The van der Waals surface area contributed by atoms with Gasteiger partial charge >= 0.3 is 5.97 Å². The molecule has 1 aromatic heterocycles. The molecule has 0 radical (unpaired) electrons. The molecule has 1 saturated heterocycles. The van der Waals surface area contributed by atoms with E-state index in [-0.39, 0.29) is 16.5 Å². The summed E-state index contributed by atoms with van der Waals surface area (Å²) in [7, 11) is -2.94. The van der Waals surface area contributed by atoms with Gasteiger partial charge in [0.1, 0.15) is 16.6 Å². The smallest absolute Gasteiger partial charge is 0.338 e. The van der Waals surface area contributed by atoms with E-state index in [1.807, 2.05) is 24.3 Å². The number of carboxylic acid groups (broad SMARTS) is 1. The molecule has 8 nitrogen and oxygen atoms in total. The average Bonchev–Trinajstić information content (AvgIpc) is 3.35. The molecule has 2 N–H and O–H groups in total. The average molecular weight is 520 g/mol. The largest absolute Gasteiger partial charge is 0.495 e. The van der Waals surface area contributed by atoms with Gasteiger partial charge in [-0.1, -0.05) is 13.3 Å². The third kappa shape index (κ3) is 5.40. The van der Waals surface area contributed by atoms with Crippen LogP contribution in [-0.2, 0) is 10.0 Å². The van der Waals surface area contributed by atoms with Gasteiger partial charge in [0.25, 0.3) is 10.0 Å². The fourth-order valence-electron chi connectivity index (χ4n) is 4.09. The zero-order valence-corrected chi connectivity index (χ0v) is 21.0. The van der Waals surface area contributed by atoms with Gasteiger partial charge in [0, 0.05) is 35.8 Å². The highest BCUT2D eigenvalue weighted by atomic mass is 32.2. The Kier molecular flexibility index (Phi) is 7.27. The molecule has 4 rings (SSSR count). The van der Waals surface area contributed by atoms with Crippen molar-refractivity contribution in [3.63, 3.8) is 0 Å². The number of aromatic carboxylic acids is 1. The lowest BCUT2D eigenvalue weighted by Crippen LogP contribution is -2.33. The number of piperidine rings is 1. The molecule has 3 aromatic rings. The van der Waals surface area contributed by atoms with Crippen LogP contribution in [0.25, 0.3) is 10.6 Å². The molecule has 0 atom stereocenters. The second-order valence-electron chi connectivity index (χ2n) is 8.32. The summed E-state index contributed by atoms with van der Waals surface area (Å²) >= 11 is 1.18. The number of sulfonamides is 1. The van der Waals surface area contributed by atoms with Crippen LogP contribution in [0.3, 0.4) is 0 Å². The number of ether oxygens (including phenoxy) is 1. The lowest BCUT2D eigenvalue weighted by Gasteiger charge is -2.33. The van der Waals surface area contributed by atoms with Gasteiger partial charge in [-0.3, -0.25) is 4.72 Å². The molecule has 2 heterocycles. The molecular weight excluding hydrogens is 493 g/mol. The topological polar surface area (TPSA) is 109 Å². The van der Waals surface area contributed by atoms with Crippen molar-refractivity contribution in [2.24, 2.45) is 5.92 Å². The minimum Gasteiger partial charge on any atom is -0.495 e. The van der Waals surface area contributed by atoms with Crippen LogP contribution in [0.1, 0.15) is 36.5 Å². The molecule has 2 aromatic carbocycles. The quantitative estimate of drug-likeness (QED) is 0.427. The van der Waals surface area contributed by atoms with Gasteiger partial charge in [0.05, 0.1) is 18.4 Å². The summed E-state index contributed by atoms with van der Waals surface area (Å²) in [5.74, 6) is -1.91. The maximum absolute atomic E-state index is 14.1. The Labute approximate surface area is 207 Å². The van der Waals surface area contributed by atoms with Crippen LogP contribution in [-0.4, -0.2) is 44.7 Å². The van der Waals surface area contributed by atoms with Gasteiger partial charge in [-0.25, -0.2) is 14.2 Å². The minimum atomic E-state index is -4.17. The number of carbonyl (C=O) groups is 1. The van der Waals surface area contributed by atoms with Gasteiger partial charge in [-0.05, 0) is 49.1 Å². The Balaban J connectivity index is 1.51. The minimum absolute atomic E-state index is 0.124. The zero-order valence-electron chi connectivity index (χ0n) is 19.3. The molecule has 0 aliphatic carbocycles. The van der Waals surface area contributed by atoms with Crippen molar-refractivity contribution in [2.45, 2.75) is 31.2 Å². The number of hydrogen-bond donors (Lipinski definition) is 2. The Morgan fingerprint density at radius 3 is 2.54 bits per heavy atom. The van der Waals surface area contributed by atoms with Crippen LogP contribution in [0, 0.1) is 11.7 Å². The van der Waals surface area contributed by atoms with Crippen molar-refractivity contribution in [3.05, 3.63) is 53.2 Å². The molecule has 1 aliphatic rings. The Morgan fingerprint density at radius 2 is 1.94 bits per heavy atom. The fourth-order valence-corrected chi connectivity index (χ4v) is 6.25. The van der Waals surface area contributed by atoms with E-state index in [9.17, 15) is 17.6 Å². The first kappa shape index (κ1) is 24.9. The second-order valence-corrected chi connectivity index (χ2v) is 10.8. The van der Waals surface area contributed by atoms with Crippen LogP contribution in [0.15, 0.2) is 46.8 Å². The van der Waals surface area contributed by atoms with Gasteiger partial charge in [-0.15, -0.1) is 11.3 Å². The third-order valence-electron chi connectivity index (χ3n) is 6.19. The van der Waals surface area contributed by atoms with E-state index in [1.165, 1.54) is 43.1 Å². The fraction of sp³-hybridized carbons (Fsp3) is 0.333. The summed E-state index contributed by atoms with van der Waals surface area (Å²) in [6, 6.07) is 9.59. The highest BCUT2D eigenvalue weighted by molar-refractivity contribution is 7.92. The first-order valence-corrected chi connectivity index (χ1v) is 13.5. The van der Waals surface area contributed by atoms with Crippen LogP contribution < -0.4 is 14.4 Å². The number of rotatable bonds is 8. The van der Waals surface area contributed by atoms with Crippen LogP contribution in [0.2, 0.25) is 0 Å². The van der Waals surface area contributed by atoms with E-state index in [4.69, 9.17) is 9.84 Å². The summed E-state index contributed by atoms with van der Waals surface area (Å²) in [5.41, 5.74) is 1.08. The Morgan fingerprint density at radius 1 is 1.26 bits per heavy atom. The molecule has 186 valence electrons. The Bertz CT molecular complexity index is 1320. The number of aromatic nitrogens is 1. The summed E-state index contributed by atoms with van der Waals surface area (Å²) in [6.07, 6.45) is 3.59. The van der Waals surface area contributed by atoms with Crippen molar-refractivity contribution < 1.29 is 27.4 Å². The predicted octanol–water partition coefficient (Wildman–Crippen LogP) is 5.08. The van der Waals surface area contributed by atoms with Crippen molar-refractivity contribution in [3.8, 4) is 16.3 Å². The van der Waals surface area contributed by atoms with Crippen LogP contribution in [0.5, 0.6) is 5.75 Å². The lowest BCUT2D eigenvalue weighted by molar-refractivity contribution is 0.0691. The monoisotopic (exact) mass is 519 g/mol. The molecule has 0 saturated carbocycles. The van der Waals surface area contributed by atoms with E-state index in [2.05, 4.69) is 21.5 Å². The number of hydrogen-bond acceptors (Lipinski definition) is 7. The standard InChI is InChI=1S/C24H26FN3O5S2/c1-3-15-8-10-28(11-9-15)17-6-4-16(5-7-17)23-26-22(14-34-23)35(31,32)27-20-13-19(25)18(24(29)30)12-21(20)33-2/h4-7,12-15,27H,3,8-11H2,1-2H3,(H,29,30). The number of thiazole rings is 1. The second kappa shape index (κ2) is 10.2. The van der Waals surface area contributed by atoms with Crippen molar-refractivity contribution in [1.29, 1.82) is 0 Å². The number of methoxy groups -OCH3 is 1. The van der Waals surface area contributed by atoms with Crippen LogP contribution >= 0.6 is 11.3 Å². The van der Waals surface area contributed by atoms with Gasteiger partial charge in [0.2, 0.25) is 0 Å². The maximum atomic E-state index is 14.1. The van der Waals surface area contributed by atoms with E-state index >= 15 is 0 Å². The highest BCUT2D eigenvalue weighted by Gasteiger charge is 2.24. The summed E-state index contributed by atoms with van der Waals surface area (Å²) in [4.78, 5) is 17.8. The molecule has 1 fully saturated rings. The number of anilines is 2. The van der Waals surface area contributed by atoms with Gasteiger partial charge in [0.15, 0.2) is 5.03 Å². The number of nitrogens with zero attached hydrogens (tertiary/aromatic N) is 2. The number of nitrogens with one attached hydrogen (secondary N) is 1. The van der Waals surface area contributed by atoms with E-state index in [0.29, 0.717) is 5.01 Å². The van der Waals surface area contributed by atoms with Crippen molar-refractivity contribution >= 4 is 38.7 Å². The van der Waals surface area contributed by atoms with Crippen molar-refractivity contribution in [2.75, 3.05) is 29.8 Å². The van der Waals surface area contributed by atoms with Gasteiger partial charge in [-0.2, -0.15) is 8.42 Å². The van der Waals surface area contributed by atoms with Gasteiger partial charge < -0.3 is 14.7 Å².